The first kappa shape index (κ1) is 33.5. The standard InChI is InChI=1S/C37H43N3O4S/c1-6-29(4)38-37(42)35(24-31-15-9-7-10-16-31)39(25-32-22-20-27(2)21-23-32)36(41)26-40(34-19-13-14-28(3)30(34)5)45(43,44)33-17-11-8-12-18-33/h7-23,29,35H,6,24-26H2,1-5H3,(H,38,42)/t29-,35-/m1/s1. The summed E-state index contributed by atoms with van der Waals surface area (Å²) in [6, 6.07) is 29.9. The molecule has 0 saturated carbocycles. The van der Waals surface area contributed by atoms with Crippen LogP contribution in [0, 0.1) is 20.8 Å². The van der Waals surface area contributed by atoms with Gasteiger partial charge in [-0.15, -0.1) is 0 Å². The fourth-order valence-corrected chi connectivity index (χ4v) is 6.62. The van der Waals surface area contributed by atoms with Crippen molar-refractivity contribution in [2.75, 3.05) is 10.8 Å². The second-order valence-corrected chi connectivity index (χ2v) is 13.4. The molecule has 4 aromatic carbocycles. The van der Waals surface area contributed by atoms with Gasteiger partial charge in [-0.25, -0.2) is 8.42 Å². The van der Waals surface area contributed by atoms with Crippen LogP contribution >= 0.6 is 0 Å². The number of nitrogens with one attached hydrogen (secondary N) is 1. The number of carbonyl (C=O) groups excluding carboxylic acids is 2. The van der Waals surface area contributed by atoms with E-state index in [1.54, 1.807) is 30.3 Å². The number of hydrogen-bond acceptors (Lipinski definition) is 4. The van der Waals surface area contributed by atoms with E-state index < -0.39 is 28.5 Å². The maximum Gasteiger partial charge on any atom is 0.264 e. The summed E-state index contributed by atoms with van der Waals surface area (Å²) < 4.78 is 29.6. The first-order valence-corrected chi connectivity index (χ1v) is 16.8. The first-order valence-electron chi connectivity index (χ1n) is 15.3. The molecule has 45 heavy (non-hydrogen) atoms. The molecule has 0 aliphatic rings. The fraction of sp³-hybridized carbons (Fsp3) is 0.297. The van der Waals surface area contributed by atoms with Crippen molar-refractivity contribution in [3.8, 4) is 0 Å². The molecule has 236 valence electrons. The van der Waals surface area contributed by atoms with E-state index in [2.05, 4.69) is 5.32 Å². The van der Waals surface area contributed by atoms with Crippen molar-refractivity contribution in [3.05, 3.63) is 131 Å². The number of anilines is 1. The van der Waals surface area contributed by atoms with Crippen molar-refractivity contribution in [2.45, 2.75) is 71.0 Å². The number of amides is 2. The maximum absolute atomic E-state index is 14.6. The van der Waals surface area contributed by atoms with Crippen molar-refractivity contribution >= 4 is 27.5 Å². The predicted molar refractivity (Wildman–Crippen MR) is 180 cm³/mol. The molecule has 0 radical (unpaired) electrons. The Morgan fingerprint density at radius 3 is 2.02 bits per heavy atom. The minimum absolute atomic E-state index is 0.0825. The van der Waals surface area contributed by atoms with Gasteiger partial charge in [0, 0.05) is 19.0 Å². The second kappa shape index (κ2) is 15.0. The Labute approximate surface area is 268 Å². The number of sulfonamides is 1. The minimum Gasteiger partial charge on any atom is -0.352 e. The van der Waals surface area contributed by atoms with Gasteiger partial charge in [0.1, 0.15) is 12.6 Å². The van der Waals surface area contributed by atoms with Crippen molar-refractivity contribution in [1.29, 1.82) is 0 Å². The Balaban J connectivity index is 1.83. The van der Waals surface area contributed by atoms with Crippen LogP contribution in [0.1, 0.15) is 48.1 Å². The summed E-state index contributed by atoms with van der Waals surface area (Å²) in [6.07, 6.45) is 1.00. The highest BCUT2D eigenvalue weighted by Crippen LogP contribution is 2.29. The summed E-state index contributed by atoms with van der Waals surface area (Å²) in [7, 11) is -4.14. The number of benzene rings is 4. The van der Waals surface area contributed by atoms with Gasteiger partial charge in [-0.05, 0) is 74.6 Å². The molecule has 4 rings (SSSR count). The predicted octanol–water partition coefficient (Wildman–Crippen LogP) is 6.36. The van der Waals surface area contributed by atoms with Gasteiger partial charge >= 0.3 is 0 Å². The van der Waals surface area contributed by atoms with Crippen molar-refractivity contribution in [2.24, 2.45) is 0 Å². The van der Waals surface area contributed by atoms with Crippen molar-refractivity contribution < 1.29 is 18.0 Å². The molecule has 0 aliphatic carbocycles. The quantitative estimate of drug-likeness (QED) is 0.187. The molecule has 2 atom stereocenters. The molecule has 0 aromatic heterocycles. The summed E-state index contributed by atoms with van der Waals surface area (Å²) >= 11 is 0. The van der Waals surface area contributed by atoms with Crippen LogP contribution in [0.25, 0.3) is 0 Å². The molecule has 7 nitrogen and oxygen atoms in total. The number of aryl methyl sites for hydroxylation is 2. The molecule has 1 N–H and O–H groups in total. The number of carbonyl (C=O) groups is 2. The molecule has 0 unspecified atom stereocenters. The summed E-state index contributed by atoms with van der Waals surface area (Å²) in [6.45, 7) is 9.32. The summed E-state index contributed by atoms with van der Waals surface area (Å²) in [5.41, 5.74) is 4.89. The second-order valence-electron chi connectivity index (χ2n) is 11.6. The molecule has 2 amide bonds. The van der Waals surface area contributed by atoms with Gasteiger partial charge in [0.15, 0.2) is 0 Å². The van der Waals surface area contributed by atoms with E-state index in [0.29, 0.717) is 5.69 Å². The molecule has 4 aromatic rings. The van der Waals surface area contributed by atoms with E-state index in [4.69, 9.17) is 0 Å². The lowest BCUT2D eigenvalue weighted by molar-refractivity contribution is -0.140. The molecule has 0 heterocycles. The molecule has 8 heteroatoms. The number of rotatable bonds is 13. The van der Waals surface area contributed by atoms with Gasteiger partial charge in [0.05, 0.1) is 10.6 Å². The van der Waals surface area contributed by atoms with Crippen molar-refractivity contribution in [1.82, 2.24) is 10.2 Å². The zero-order chi connectivity index (χ0) is 32.6. The van der Waals surface area contributed by atoms with Gasteiger partial charge < -0.3 is 10.2 Å². The van der Waals surface area contributed by atoms with Gasteiger partial charge in [-0.1, -0.05) is 97.4 Å². The van der Waals surface area contributed by atoms with E-state index >= 15 is 0 Å². The summed E-state index contributed by atoms with van der Waals surface area (Å²) in [5.74, 6) is -0.755. The van der Waals surface area contributed by atoms with Crippen LogP contribution in [0.3, 0.4) is 0 Å². The third-order valence-corrected chi connectivity index (χ3v) is 9.97. The van der Waals surface area contributed by atoms with E-state index in [-0.39, 0.29) is 29.8 Å². The highest BCUT2D eigenvalue weighted by molar-refractivity contribution is 7.92. The molecule has 0 bridgehead atoms. The maximum atomic E-state index is 14.6. The van der Waals surface area contributed by atoms with Gasteiger partial charge in [-0.2, -0.15) is 0 Å². The lowest BCUT2D eigenvalue weighted by Crippen LogP contribution is -2.54. The molecule has 0 fully saturated rings. The molecule has 0 spiro atoms. The molecular weight excluding hydrogens is 582 g/mol. The van der Waals surface area contributed by atoms with E-state index in [1.165, 1.54) is 21.3 Å². The lowest BCUT2D eigenvalue weighted by atomic mass is 10.0. The van der Waals surface area contributed by atoms with Crippen LogP contribution < -0.4 is 9.62 Å². The van der Waals surface area contributed by atoms with E-state index in [9.17, 15) is 18.0 Å². The summed E-state index contributed by atoms with van der Waals surface area (Å²) in [5, 5.41) is 3.07. The monoisotopic (exact) mass is 625 g/mol. The number of hydrogen-bond donors (Lipinski definition) is 1. The van der Waals surface area contributed by atoms with Crippen LogP contribution in [0.4, 0.5) is 5.69 Å². The highest BCUT2D eigenvalue weighted by atomic mass is 32.2. The zero-order valence-corrected chi connectivity index (χ0v) is 27.6. The third-order valence-electron chi connectivity index (χ3n) is 8.20. The lowest BCUT2D eigenvalue weighted by Gasteiger charge is -2.34. The zero-order valence-electron chi connectivity index (χ0n) is 26.7. The average molecular weight is 626 g/mol. The average Bonchev–Trinajstić information content (AvgIpc) is 3.04. The van der Waals surface area contributed by atoms with Crippen LogP contribution in [0.5, 0.6) is 0 Å². The smallest absolute Gasteiger partial charge is 0.264 e. The Bertz CT molecular complexity index is 1690. The van der Waals surface area contributed by atoms with Gasteiger partial charge in [0.2, 0.25) is 11.8 Å². The third kappa shape index (κ3) is 8.39. The van der Waals surface area contributed by atoms with Crippen LogP contribution in [0.2, 0.25) is 0 Å². The van der Waals surface area contributed by atoms with Crippen LogP contribution in [0.15, 0.2) is 108 Å². The SMILES string of the molecule is CC[C@@H](C)NC(=O)[C@@H](Cc1ccccc1)N(Cc1ccc(C)cc1)C(=O)CN(c1cccc(C)c1C)S(=O)(=O)c1ccccc1. The summed E-state index contributed by atoms with van der Waals surface area (Å²) in [4.78, 5) is 30.2. The normalized spacial score (nSPS) is 12.6. The molecule has 0 saturated heterocycles. The Hall–Kier alpha value is -4.43. The fourth-order valence-electron chi connectivity index (χ4n) is 5.12. The van der Waals surface area contributed by atoms with Crippen molar-refractivity contribution in [3.63, 3.8) is 0 Å². The Kier molecular flexibility index (Phi) is 11.2. The molecule has 0 aliphatic heterocycles. The topological polar surface area (TPSA) is 86.8 Å². The van der Waals surface area contributed by atoms with E-state index in [1.807, 2.05) is 95.3 Å². The van der Waals surface area contributed by atoms with E-state index in [0.717, 1.165) is 34.2 Å². The Morgan fingerprint density at radius 1 is 0.778 bits per heavy atom. The highest BCUT2D eigenvalue weighted by Gasteiger charge is 2.35. The van der Waals surface area contributed by atoms with Gasteiger partial charge in [0.25, 0.3) is 10.0 Å². The van der Waals surface area contributed by atoms with Crippen LogP contribution in [-0.2, 0) is 32.6 Å². The minimum atomic E-state index is -4.14. The first-order chi connectivity index (χ1) is 21.5. The number of nitrogens with zero attached hydrogens (tertiary/aromatic N) is 2. The van der Waals surface area contributed by atoms with Crippen LogP contribution in [-0.4, -0.2) is 43.8 Å². The largest absolute Gasteiger partial charge is 0.352 e. The Morgan fingerprint density at radius 2 is 1.40 bits per heavy atom. The molecular formula is C37H43N3O4S. The van der Waals surface area contributed by atoms with Gasteiger partial charge in [-0.3, -0.25) is 13.9 Å².